The largest absolute Gasteiger partial charge is 0.464 e. The molecule has 5 aliphatic rings. The van der Waals surface area contributed by atoms with Gasteiger partial charge in [0.25, 0.3) is 5.91 Å². The van der Waals surface area contributed by atoms with Crippen LogP contribution in [0.2, 0.25) is 0 Å². The zero-order valence-corrected chi connectivity index (χ0v) is 37.4. The first kappa shape index (κ1) is 43.7. The summed E-state index contributed by atoms with van der Waals surface area (Å²) in [6.07, 6.45) is 1.06. The maximum atomic E-state index is 14.9. The summed E-state index contributed by atoms with van der Waals surface area (Å²) in [5.74, 6) is -1.01. The lowest BCUT2D eigenvalue weighted by Gasteiger charge is -2.39. The molecule has 0 unspecified atom stereocenters. The Morgan fingerprint density at radius 2 is 1.92 bits per heavy atom. The average Bonchev–Trinajstić information content (AvgIpc) is 3.55. The van der Waals surface area contributed by atoms with Crippen molar-refractivity contribution < 1.29 is 37.0 Å². The van der Waals surface area contributed by atoms with Gasteiger partial charge in [-0.05, 0) is 81.7 Å². The Morgan fingerprint density at radius 1 is 1.13 bits per heavy atom. The number of alkyl halides is 3. The van der Waals surface area contributed by atoms with Gasteiger partial charge in [-0.2, -0.15) is 13.2 Å². The molecule has 3 saturated heterocycles. The van der Waals surface area contributed by atoms with Gasteiger partial charge in [-0.3, -0.25) is 29.3 Å². The maximum absolute atomic E-state index is 14.9. The van der Waals surface area contributed by atoms with Crippen LogP contribution < -0.4 is 15.6 Å². The van der Waals surface area contributed by atoms with Crippen LogP contribution in [0.1, 0.15) is 82.2 Å². The van der Waals surface area contributed by atoms with Crippen molar-refractivity contribution in [3.63, 3.8) is 0 Å². The highest BCUT2D eigenvalue weighted by atomic mass is 32.1. The van der Waals surface area contributed by atoms with Gasteiger partial charge in [0.05, 0.1) is 46.7 Å². The number of carbonyl (C=O) groups is 3. The van der Waals surface area contributed by atoms with E-state index in [1.54, 1.807) is 19.2 Å². The Labute approximate surface area is 369 Å². The highest BCUT2D eigenvalue weighted by molar-refractivity contribution is 7.10. The molecular formula is C46H57F3N8O5S. The number of hydrazine groups is 1. The predicted octanol–water partition coefficient (Wildman–Crippen LogP) is 6.69. The highest BCUT2D eigenvalue weighted by Crippen LogP contribution is 2.44. The number of carbonyl (C=O) groups excluding carboxylic acids is 3. The normalized spacial score (nSPS) is 26.0. The third-order valence-corrected chi connectivity index (χ3v) is 14.5. The molecule has 4 aliphatic heterocycles. The summed E-state index contributed by atoms with van der Waals surface area (Å²) in [7, 11) is 1.57. The van der Waals surface area contributed by atoms with Crippen LogP contribution in [0.5, 0.6) is 0 Å². The summed E-state index contributed by atoms with van der Waals surface area (Å²) in [5, 5.41) is 7.51. The molecule has 0 spiro atoms. The number of aromatic nitrogens is 3. The molecule has 2 amide bonds. The molecule has 63 heavy (non-hydrogen) atoms. The summed E-state index contributed by atoms with van der Waals surface area (Å²) >= 11 is 1.35. The molecule has 7 heterocycles. The molecule has 9 rings (SSSR count). The summed E-state index contributed by atoms with van der Waals surface area (Å²) in [6.45, 7) is 10.4. The van der Waals surface area contributed by atoms with Crippen LogP contribution in [-0.4, -0.2) is 113 Å². The van der Waals surface area contributed by atoms with Crippen molar-refractivity contribution in [3.05, 3.63) is 52.1 Å². The molecule has 17 heteroatoms. The van der Waals surface area contributed by atoms with Gasteiger partial charge in [0, 0.05) is 84.5 Å². The number of amides is 2. The lowest BCUT2D eigenvalue weighted by molar-refractivity contribution is -0.155. The van der Waals surface area contributed by atoms with Crippen LogP contribution in [0.25, 0.3) is 33.4 Å². The molecule has 4 fully saturated rings. The predicted molar refractivity (Wildman–Crippen MR) is 234 cm³/mol. The summed E-state index contributed by atoms with van der Waals surface area (Å²) < 4.78 is 58.1. The first-order valence-electron chi connectivity index (χ1n) is 22.3. The smallest absolute Gasteiger partial charge is 0.406 e. The number of nitrogens with one attached hydrogen (secondary N) is 2. The third kappa shape index (κ3) is 9.07. The van der Waals surface area contributed by atoms with E-state index in [4.69, 9.17) is 19.4 Å². The van der Waals surface area contributed by atoms with Crippen molar-refractivity contribution in [1.29, 1.82) is 0 Å². The molecular weight excluding hydrogens is 834 g/mol. The number of thiazole rings is 1. The van der Waals surface area contributed by atoms with Gasteiger partial charge >= 0.3 is 12.1 Å². The monoisotopic (exact) mass is 890 g/mol. The Kier molecular flexibility index (Phi) is 11.8. The number of benzene rings is 1. The van der Waals surface area contributed by atoms with E-state index in [-0.39, 0.29) is 43.1 Å². The quantitative estimate of drug-likeness (QED) is 0.194. The van der Waals surface area contributed by atoms with E-state index < -0.39 is 42.3 Å². The minimum absolute atomic E-state index is 0.0397. The van der Waals surface area contributed by atoms with Crippen LogP contribution in [0.3, 0.4) is 0 Å². The second-order valence-corrected chi connectivity index (χ2v) is 20.0. The molecule has 1 aliphatic carbocycles. The van der Waals surface area contributed by atoms with Crippen LogP contribution >= 0.6 is 11.3 Å². The molecule has 2 N–H and O–H groups in total. The van der Waals surface area contributed by atoms with E-state index >= 15 is 0 Å². The second-order valence-electron chi connectivity index (χ2n) is 19.0. The van der Waals surface area contributed by atoms with Gasteiger partial charge in [0.1, 0.15) is 18.6 Å². The van der Waals surface area contributed by atoms with Crippen molar-refractivity contribution in [2.75, 3.05) is 51.3 Å². The maximum Gasteiger partial charge on any atom is 0.406 e. The van der Waals surface area contributed by atoms with Crippen LogP contribution in [0.15, 0.2) is 35.8 Å². The van der Waals surface area contributed by atoms with Gasteiger partial charge in [-0.25, -0.2) is 10.4 Å². The molecule has 1 aromatic carbocycles. The van der Waals surface area contributed by atoms with E-state index in [1.165, 1.54) is 20.9 Å². The van der Waals surface area contributed by atoms with Gasteiger partial charge in [0.15, 0.2) is 0 Å². The number of halogens is 3. The van der Waals surface area contributed by atoms with E-state index in [0.29, 0.717) is 75.1 Å². The lowest BCUT2D eigenvalue weighted by Crippen LogP contribution is -2.60. The first-order chi connectivity index (χ1) is 30.1. The second kappa shape index (κ2) is 17.1. The number of methoxy groups -OCH3 is 1. The number of esters is 1. The Morgan fingerprint density at radius 3 is 2.68 bits per heavy atom. The van der Waals surface area contributed by atoms with Crippen LogP contribution in [0, 0.1) is 17.3 Å². The number of hydrogen-bond donors (Lipinski definition) is 2. The SMILES string of the molecule is CO[C@@H](C)c1ncc(N2CCN3CCC[C@@H]3C2)cc1-c1c2c3cc(ccc3n1CC(F)(F)F)-c1csc(n1)C[C@H](NC(=O)[C@H]1C[C@@H]1C)C(=O)N1CCC[C@H](N1)C(=O)OCC(C)(C)C2. The topological polar surface area (TPSA) is 134 Å². The molecule has 6 atom stereocenters. The fourth-order valence-electron chi connectivity index (χ4n) is 9.98. The summed E-state index contributed by atoms with van der Waals surface area (Å²) in [4.78, 5) is 56.0. The molecule has 13 nitrogen and oxygen atoms in total. The number of rotatable bonds is 7. The van der Waals surface area contributed by atoms with Crippen molar-refractivity contribution in [2.24, 2.45) is 17.3 Å². The fraction of sp³-hybridized carbons (Fsp3) is 0.587. The summed E-state index contributed by atoms with van der Waals surface area (Å²) in [6, 6.07) is 6.08. The molecule has 6 bridgehead atoms. The number of pyridine rings is 1. The van der Waals surface area contributed by atoms with Crippen molar-refractivity contribution >= 4 is 45.7 Å². The van der Waals surface area contributed by atoms with Crippen molar-refractivity contribution in [1.82, 2.24) is 35.2 Å². The zero-order valence-electron chi connectivity index (χ0n) is 36.6. The number of hydrogen-bond acceptors (Lipinski definition) is 11. The van der Waals surface area contributed by atoms with E-state index in [1.807, 2.05) is 51.4 Å². The minimum atomic E-state index is -4.57. The standard InChI is InChI=1S/C46H57F3N8O5S/c1-26-16-31(26)42(58)52-36-19-39-51-37(23-63-39)28-10-11-38-32(17-28)34(20-45(3,4)25-62-44(60)35-9-7-13-57(53-35)43(36)59)41(56(38)24-46(47,48)49)33-18-30(21-50-40(33)27(2)61-5)55-15-14-54-12-6-8-29(54)22-55/h10-11,17-18,21,23,26-27,29,31,35-36,53H,6-9,12-16,19-20,22,24-25H2,1-5H3,(H,52,58)/t26-,27-,29+,31-,35-,36-/m0/s1. The third-order valence-electron chi connectivity index (χ3n) is 13.6. The molecule has 1 saturated carbocycles. The number of ether oxygens (including phenoxy) is 2. The van der Waals surface area contributed by atoms with Gasteiger partial charge in [-0.15, -0.1) is 11.3 Å². The Hall–Kier alpha value is -4.58. The zero-order chi connectivity index (χ0) is 44.4. The Bertz CT molecular complexity index is 2400. The average molecular weight is 891 g/mol. The minimum Gasteiger partial charge on any atom is -0.464 e. The van der Waals surface area contributed by atoms with Crippen molar-refractivity contribution in [3.8, 4) is 22.5 Å². The number of anilines is 1. The highest BCUT2D eigenvalue weighted by Gasteiger charge is 2.42. The molecule has 3 aromatic heterocycles. The number of cyclic esters (lactones) is 1. The van der Waals surface area contributed by atoms with Crippen LogP contribution in [-0.2, 0) is 43.2 Å². The molecule has 4 aromatic rings. The molecule has 338 valence electrons. The Balaban J connectivity index is 1.20. The summed E-state index contributed by atoms with van der Waals surface area (Å²) in [5.41, 5.74) is 7.01. The molecule has 0 radical (unpaired) electrons. The van der Waals surface area contributed by atoms with Gasteiger partial charge < -0.3 is 24.3 Å². The van der Waals surface area contributed by atoms with Gasteiger partial charge in [0.2, 0.25) is 5.91 Å². The van der Waals surface area contributed by atoms with Crippen LogP contribution in [0.4, 0.5) is 18.9 Å². The van der Waals surface area contributed by atoms with E-state index in [0.717, 1.165) is 51.1 Å². The number of piperazine rings is 1. The lowest BCUT2D eigenvalue weighted by atomic mass is 9.84. The number of fused-ring (bicyclic) bond motifs is 7. The number of nitrogens with zero attached hydrogens (tertiary/aromatic N) is 6. The van der Waals surface area contributed by atoms with E-state index in [9.17, 15) is 27.6 Å². The van der Waals surface area contributed by atoms with E-state index in [2.05, 4.69) is 20.5 Å². The van der Waals surface area contributed by atoms with Crippen molar-refractivity contribution in [2.45, 2.75) is 110 Å². The van der Waals surface area contributed by atoms with Gasteiger partial charge in [-0.1, -0.05) is 26.8 Å². The first-order valence-corrected chi connectivity index (χ1v) is 23.2. The fourth-order valence-corrected chi connectivity index (χ4v) is 10.8.